The van der Waals surface area contributed by atoms with E-state index in [1.807, 2.05) is 44.3 Å². The number of carbonyl (C=O) groups is 1. The van der Waals surface area contributed by atoms with Crippen LogP contribution in [0, 0.1) is 0 Å². The van der Waals surface area contributed by atoms with Crippen molar-refractivity contribution in [2.24, 2.45) is 0 Å². The minimum atomic E-state index is -0.109. The van der Waals surface area contributed by atoms with Crippen molar-refractivity contribution in [1.82, 2.24) is 10.6 Å². The molecule has 0 aromatic heterocycles. The molecule has 20 heavy (non-hydrogen) atoms. The first-order valence-electron chi connectivity index (χ1n) is 6.42. The summed E-state index contributed by atoms with van der Waals surface area (Å²) >= 11 is 0. The molecule has 0 bridgehead atoms. The molecule has 0 saturated carbocycles. The van der Waals surface area contributed by atoms with E-state index in [1.165, 1.54) is 0 Å². The number of benzene rings is 1. The fourth-order valence-electron chi connectivity index (χ4n) is 1.32. The zero-order chi connectivity index (χ0) is 13.9. The number of amides is 1. The van der Waals surface area contributed by atoms with Gasteiger partial charge in [0, 0.05) is 12.6 Å². The third-order valence-corrected chi connectivity index (χ3v) is 2.57. The van der Waals surface area contributed by atoms with E-state index in [4.69, 9.17) is 9.47 Å². The van der Waals surface area contributed by atoms with Crippen LogP contribution in [0.15, 0.2) is 30.3 Å². The molecule has 0 radical (unpaired) electrons. The third kappa shape index (κ3) is 8.74. The van der Waals surface area contributed by atoms with Crippen LogP contribution in [0.5, 0.6) is 5.75 Å². The van der Waals surface area contributed by atoms with Gasteiger partial charge in [-0.3, -0.25) is 4.79 Å². The molecule has 0 saturated heterocycles. The zero-order valence-electron chi connectivity index (χ0n) is 11.9. The highest BCUT2D eigenvalue weighted by atomic mass is 35.5. The minimum Gasteiger partial charge on any atom is -0.491 e. The van der Waals surface area contributed by atoms with E-state index < -0.39 is 0 Å². The Bertz CT molecular complexity index is 363. The monoisotopic (exact) mass is 302 g/mol. The molecule has 114 valence electrons. The molecule has 1 rings (SSSR count). The maximum Gasteiger partial charge on any atom is 0.246 e. The van der Waals surface area contributed by atoms with Crippen LogP contribution in [0.25, 0.3) is 0 Å². The van der Waals surface area contributed by atoms with E-state index in [-0.39, 0.29) is 31.0 Å². The molecule has 0 heterocycles. The van der Waals surface area contributed by atoms with Crippen LogP contribution in [0.1, 0.15) is 6.92 Å². The fourth-order valence-corrected chi connectivity index (χ4v) is 1.32. The molecule has 1 aromatic carbocycles. The van der Waals surface area contributed by atoms with E-state index in [0.29, 0.717) is 19.8 Å². The molecule has 0 spiro atoms. The Morgan fingerprint density at radius 1 is 1.25 bits per heavy atom. The summed E-state index contributed by atoms with van der Waals surface area (Å²) in [5, 5.41) is 5.81. The van der Waals surface area contributed by atoms with Crippen molar-refractivity contribution in [1.29, 1.82) is 0 Å². The van der Waals surface area contributed by atoms with Gasteiger partial charge in [0.2, 0.25) is 5.91 Å². The predicted octanol–water partition coefficient (Wildman–Crippen LogP) is 1.23. The second-order valence-corrected chi connectivity index (χ2v) is 4.21. The molecule has 1 aromatic rings. The van der Waals surface area contributed by atoms with Gasteiger partial charge in [0.05, 0.1) is 6.61 Å². The van der Waals surface area contributed by atoms with Crippen molar-refractivity contribution in [3.05, 3.63) is 30.3 Å². The van der Waals surface area contributed by atoms with Crippen LogP contribution in [-0.2, 0) is 9.53 Å². The number of nitrogens with one attached hydrogen (secondary N) is 2. The molecular formula is C14H23ClN2O3. The highest BCUT2D eigenvalue weighted by Crippen LogP contribution is 2.07. The number of para-hydroxylation sites is 1. The Balaban J connectivity index is 0.00000361. The Hall–Kier alpha value is -1.30. The Labute approximate surface area is 126 Å². The first kappa shape index (κ1) is 18.7. The average molecular weight is 303 g/mol. The van der Waals surface area contributed by atoms with Gasteiger partial charge in [0.25, 0.3) is 0 Å². The second kappa shape index (κ2) is 11.5. The van der Waals surface area contributed by atoms with Gasteiger partial charge in [0.1, 0.15) is 19.0 Å². The molecule has 0 fully saturated rings. The van der Waals surface area contributed by atoms with Gasteiger partial charge in [-0.1, -0.05) is 18.2 Å². The minimum absolute atomic E-state index is 0. The molecular weight excluding hydrogens is 280 g/mol. The fraction of sp³-hybridized carbons (Fsp3) is 0.500. The van der Waals surface area contributed by atoms with Crippen LogP contribution in [0.2, 0.25) is 0 Å². The first-order chi connectivity index (χ1) is 9.22. The third-order valence-electron chi connectivity index (χ3n) is 2.57. The van der Waals surface area contributed by atoms with Crippen LogP contribution in [-0.4, -0.2) is 45.4 Å². The van der Waals surface area contributed by atoms with E-state index in [9.17, 15) is 4.79 Å². The molecule has 0 aliphatic heterocycles. The summed E-state index contributed by atoms with van der Waals surface area (Å²) in [6, 6.07) is 9.77. The van der Waals surface area contributed by atoms with Gasteiger partial charge in [0.15, 0.2) is 0 Å². The summed E-state index contributed by atoms with van der Waals surface area (Å²) < 4.78 is 10.7. The Morgan fingerprint density at radius 2 is 1.95 bits per heavy atom. The summed E-state index contributed by atoms with van der Waals surface area (Å²) in [6.45, 7) is 3.48. The molecule has 1 unspecified atom stereocenters. The predicted molar refractivity (Wildman–Crippen MR) is 81.5 cm³/mol. The largest absolute Gasteiger partial charge is 0.491 e. The first-order valence-corrected chi connectivity index (χ1v) is 6.42. The van der Waals surface area contributed by atoms with Crippen molar-refractivity contribution in [2.45, 2.75) is 13.0 Å². The summed E-state index contributed by atoms with van der Waals surface area (Å²) in [5.74, 6) is 0.695. The van der Waals surface area contributed by atoms with Crippen molar-refractivity contribution < 1.29 is 14.3 Å². The van der Waals surface area contributed by atoms with Crippen molar-refractivity contribution in [2.75, 3.05) is 33.4 Å². The van der Waals surface area contributed by atoms with E-state index in [2.05, 4.69) is 10.6 Å². The number of likely N-dealkylation sites (N-methyl/N-ethyl adjacent to an activating group) is 1. The number of ether oxygens (including phenoxy) is 2. The second-order valence-electron chi connectivity index (χ2n) is 4.21. The highest BCUT2D eigenvalue weighted by molar-refractivity contribution is 5.85. The van der Waals surface area contributed by atoms with Crippen molar-refractivity contribution >= 4 is 18.3 Å². The van der Waals surface area contributed by atoms with Gasteiger partial charge >= 0.3 is 0 Å². The van der Waals surface area contributed by atoms with E-state index >= 15 is 0 Å². The highest BCUT2D eigenvalue weighted by Gasteiger charge is 2.03. The zero-order valence-corrected chi connectivity index (χ0v) is 12.7. The summed E-state index contributed by atoms with van der Waals surface area (Å²) in [7, 11) is 1.86. The maximum atomic E-state index is 11.4. The normalized spacial score (nSPS) is 11.3. The summed E-state index contributed by atoms with van der Waals surface area (Å²) in [5.41, 5.74) is 0. The van der Waals surface area contributed by atoms with Gasteiger partial charge in [-0.2, -0.15) is 0 Å². The lowest BCUT2D eigenvalue weighted by Crippen LogP contribution is -2.38. The summed E-state index contributed by atoms with van der Waals surface area (Å²) in [6.07, 6.45) is 0. The molecule has 2 N–H and O–H groups in total. The smallest absolute Gasteiger partial charge is 0.246 e. The van der Waals surface area contributed by atoms with Gasteiger partial charge in [-0.15, -0.1) is 12.4 Å². The quantitative estimate of drug-likeness (QED) is 0.674. The molecule has 0 aliphatic rings. The molecule has 1 atom stereocenters. The van der Waals surface area contributed by atoms with Crippen LogP contribution < -0.4 is 15.4 Å². The standard InChI is InChI=1S/C14H22N2O3.ClH/c1-12(15-2)10-16-14(17)11-18-8-9-19-13-6-4-3-5-7-13;/h3-7,12,15H,8-11H2,1-2H3,(H,16,17);1H. The molecule has 1 amide bonds. The van der Waals surface area contributed by atoms with Crippen molar-refractivity contribution in [3.8, 4) is 5.75 Å². The van der Waals surface area contributed by atoms with Crippen LogP contribution >= 0.6 is 12.4 Å². The average Bonchev–Trinajstić information content (AvgIpc) is 2.45. The lowest BCUT2D eigenvalue weighted by molar-refractivity contribution is -0.126. The Morgan fingerprint density at radius 3 is 2.60 bits per heavy atom. The lowest BCUT2D eigenvalue weighted by atomic mass is 10.3. The van der Waals surface area contributed by atoms with E-state index in [1.54, 1.807) is 0 Å². The lowest BCUT2D eigenvalue weighted by Gasteiger charge is -2.11. The maximum absolute atomic E-state index is 11.4. The van der Waals surface area contributed by atoms with E-state index in [0.717, 1.165) is 5.75 Å². The molecule has 5 nitrogen and oxygen atoms in total. The van der Waals surface area contributed by atoms with Gasteiger partial charge in [-0.05, 0) is 26.1 Å². The topological polar surface area (TPSA) is 59.6 Å². The molecule has 6 heteroatoms. The van der Waals surface area contributed by atoms with Crippen molar-refractivity contribution in [3.63, 3.8) is 0 Å². The van der Waals surface area contributed by atoms with Gasteiger partial charge in [-0.25, -0.2) is 0 Å². The number of carbonyl (C=O) groups excluding carboxylic acids is 1. The number of rotatable bonds is 9. The number of hydrogen-bond acceptors (Lipinski definition) is 4. The SMILES string of the molecule is CNC(C)CNC(=O)COCCOc1ccccc1.Cl. The van der Waals surface area contributed by atoms with Crippen LogP contribution in [0.3, 0.4) is 0 Å². The van der Waals surface area contributed by atoms with Gasteiger partial charge < -0.3 is 20.1 Å². The number of halogens is 1. The summed E-state index contributed by atoms with van der Waals surface area (Å²) in [4.78, 5) is 11.4. The molecule has 0 aliphatic carbocycles. The van der Waals surface area contributed by atoms with Crippen LogP contribution in [0.4, 0.5) is 0 Å². The Kier molecular flexibility index (Phi) is 10.8. The number of hydrogen-bond donors (Lipinski definition) is 2.